The van der Waals surface area contributed by atoms with Crippen molar-refractivity contribution in [3.63, 3.8) is 0 Å². The third-order valence-electron chi connectivity index (χ3n) is 3.58. The minimum absolute atomic E-state index is 0.101. The molecule has 0 aliphatic heterocycles. The van der Waals surface area contributed by atoms with Crippen LogP contribution in [-0.2, 0) is 4.79 Å². The highest BCUT2D eigenvalue weighted by atomic mass is 79.9. The molecule has 1 aliphatic rings. The van der Waals surface area contributed by atoms with Crippen LogP contribution in [0.25, 0.3) is 0 Å². The Hall–Kier alpha value is -1.53. The molecule has 1 aliphatic carbocycles. The fraction of sp³-hybridized carbons (Fsp3) is 0.267. The molecule has 0 saturated carbocycles. The van der Waals surface area contributed by atoms with Gasteiger partial charge in [-0.3, -0.25) is 9.59 Å². The lowest BCUT2D eigenvalue weighted by Gasteiger charge is -2.23. The largest absolute Gasteiger partial charge is 0.301 e. The topological polar surface area (TPSA) is 59.1 Å². The number of aryl methyl sites for hydroxylation is 1. The Kier molecular flexibility index (Phi) is 3.91. The molecule has 6 heteroatoms. The first-order valence-corrected chi connectivity index (χ1v) is 8.23. The van der Waals surface area contributed by atoms with Gasteiger partial charge in [0.2, 0.25) is 5.91 Å². The minimum Gasteiger partial charge on any atom is -0.301 e. The van der Waals surface area contributed by atoms with E-state index in [0.29, 0.717) is 23.5 Å². The van der Waals surface area contributed by atoms with Crippen molar-refractivity contribution in [2.45, 2.75) is 25.7 Å². The van der Waals surface area contributed by atoms with Gasteiger partial charge in [0.05, 0.1) is 5.92 Å². The van der Waals surface area contributed by atoms with Gasteiger partial charge in [0.25, 0.3) is 0 Å². The van der Waals surface area contributed by atoms with E-state index >= 15 is 0 Å². The fourth-order valence-corrected chi connectivity index (χ4v) is 3.76. The summed E-state index contributed by atoms with van der Waals surface area (Å²) >= 11 is 4.77. The number of Topliss-reactive ketones (excluding diaryl/α,β-unsaturated/α-hetero) is 1. The maximum atomic E-state index is 12.5. The highest BCUT2D eigenvalue weighted by molar-refractivity contribution is 9.10. The van der Waals surface area contributed by atoms with Crippen molar-refractivity contribution in [3.8, 4) is 0 Å². The third-order valence-corrected chi connectivity index (χ3v) is 5.50. The van der Waals surface area contributed by atoms with Gasteiger partial charge in [-0.25, -0.2) is 4.98 Å². The van der Waals surface area contributed by atoms with E-state index in [2.05, 4.69) is 26.2 Å². The van der Waals surface area contributed by atoms with Crippen molar-refractivity contribution < 1.29 is 9.59 Å². The van der Waals surface area contributed by atoms with Gasteiger partial charge in [-0.05, 0) is 34.8 Å². The lowest BCUT2D eigenvalue weighted by Crippen LogP contribution is -2.26. The number of anilines is 1. The second-order valence-electron chi connectivity index (χ2n) is 4.96. The maximum absolute atomic E-state index is 12.5. The summed E-state index contributed by atoms with van der Waals surface area (Å²) in [6, 6.07) is 7.35. The Morgan fingerprint density at radius 3 is 2.90 bits per heavy atom. The second kappa shape index (κ2) is 5.69. The molecule has 0 bridgehead atoms. The predicted molar refractivity (Wildman–Crippen MR) is 85.9 cm³/mol. The first-order chi connectivity index (χ1) is 10.1. The molecule has 1 heterocycles. The molecular formula is C15H13BrN2O2S. The number of carbonyl (C=O) groups excluding carboxylic acids is 2. The monoisotopic (exact) mass is 364 g/mol. The molecule has 0 radical (unpaired) electrons. The summed E-state index contributed by atoms with van der Waals surface area (Å²) in [6.45, 7) is 1.94. The van der Waals surface area contributed by atoms with Crippen LogP contribution >= 0.6 is 27.3 Å². The standard InChI is InChI=1S/C15H13BrN2O2S/c1-8-13(16)17-15(21-8)18-14(20)11-6-7-12(19)10-5-3-2-4-9(10)11/h2-5,11H,6-7H2,1H3,(H,17,18,20). The molecule has 0 saturated heterocycles. The van der Waals surface area contributed by atoms with Crippen molar-refractivity contribution in [2.24, 2.45) is 0 Å². The minimum atomic E-state index is -0.290. The van der Waals surface area contributed by atoms with E-state index in [1.165, 1.54) is 11.3 Å². The number of hydrogen-bond donors (Lipinski definition) is 1. The van der Waals surface area contributed by atoms with Crippen LogP contribution in [0.3, 0.4) is 0 Å². The molecule has 3 rings (SSSR count). The summed E-state index contributed by atoms with van der Waals surface area (Å²) in [4.78, 5) is 29.7. The number of hydrogen-bond acceptors (Lipinski definition) is 4. The zero-order valence-corrected chi connectivity index (χ0v) is 13.8. The number of benzene rings is 1. The van der Waals surface area contributed by atoms with Crippen molar-refractivity contribution in [2.75, 3.05) is 5.32 Å². The molecule has 0 spiro atoms. The van der Waals surface area contributed by atoms with Crippen LogP contribution in [0.5, 0.6) is 0 Å². The Morgan fingerprint density at radius 1 is 1.43 bits per heavy atom. The summed E-state index contributed by atoms with van der Waals surface area (Å²) in [6.07, 6.45) is 0.961. The average Bonchev–Trinajstić information content (AvgIpc) is 2.77. The molecule has 1 aromatic carbocycles. The van der Waals surface area contributed by atoms with E-state index in [9.17, 15) is 9.59 Å². The number of aromatic nitrogens is 1. The van der Waals surface area contributed by atoms with E-state index < -0.39 is 0 Å². The SMILES string of the molecule is Cc1sc(NC(=O)C2CCC(=O)c3ccccc32)nc1Br. The van der Waals surface area contributed by atoms with E-state index in [-0.39, 0.29) is 17.6 Å². The van der Waals surface area contributed by atoms with Gasteiger partial charge in [-0.2, -0.15) is 0 Å². The van der Waals surface area contributed by atoms with Crippen molar-refractivity contribution in [1.82, 2.24) is 4.98 Å². The van der Waals surface area contributed by atoms with E-state index in [4.69, 9.17) is 0 Å². The first-order valence-electron chi connectivity index (χ1n) is 6.62. The average molecular weight is 365 g/mol. The van der Waals surface area contributed by atoms with Crippen LogP contribution in [0.1, 0.15) is 39.6 Å². The van der Waals surface area contributed by atoms with Gasteiger partial charge in [0, 0.05) is 16.9 Å². The quantitative estimate of drug-likeness (QED) is 0.878. The Morgan fingerprint density at radius 2 is 2.19 bits per heavy atom. The number of halogens is 1. The zero-order valence-electron chi connectivity index (χ0n) is 11.4. The normalized spacial score (nSPS) is 17.4. The molecule has 1 atom stereocenters. The molecular weight excluding hydrogens is 352 g/mol. The number of ketones is 1. The van der Waals surface area contributed by atoms with Crippen LogP contribution < -0.4 is 5.32 Å². The number of nitrogens with zero attached hydrogens (tertiary/aromatic N) is 1. The molecule has 1 aromatic heterocycles. The maximum Gasteiger partial charge on any atom is 0.233 e. The lowest BCUT2D eigenvalue weighted by atomic mass is 9.81. The summed E-state index contributed by atoms with van der Waals surface area (Å²) in [5.74, 6) is -0.277. The highest BCUT2D eigenvalue weighted by Gasteiger charge is 2.30. The fourth-order valence-electron chi connectivity index (χ4n) is 2.52. The summed E-state index contributed by atoms with van der Waals surface area (Å²) in [5, 5.41) is 3.44. The van der Waals surface area contributed by atoms with Crippen LogP contribution in [-0.4, -0.2) is 16.7 Å². The van der Waals surface area contributed by atoms with E-state index in [0.717, 1.165) is 15.0 Å². The number of nitrogens with one attached hydrogen (secondary N) is 1. The van der Waals surface area contributed by atoms with Gasteiger partial charge >= 0.3 is 0 Å². The van der Waals surface area contributed by atoms with Crippen LogP contribution in [0.4, 0.5) is 5.13 Å². The van der Waals surface area contributed by atoms with E-state index in [1.807, 2.05) is 25.1 Å². The number of thiazole rings is 1. The van der Waals surface area contributed by atoms with Gasteiger partial charge in [-0.15, -0.1) is 11.3 Å². The van der Waals surface area contributed by atoms with Crippen LogP contribution in [0.15, 0.2) is 28.9 Å². The second-order valence-corrected chi connectivity index (χ2v) is 6.91. The molecule has 1 N–H and O–H groups in total. The third kappa shape index (κ3) is 2.78. The van der Waals surface area contributed by atoms with Crippen LogP contribution in [0, 0.1) is 6.92 Å². The molecule has 4 nitrogen and oxygen atoms in total. The number of rotatable bonds is 2. The first kappa shape index (κ1) is 14.4. The number of amides is 1. The van der Waals surface area contributed by atoms with Crippen LogP contribution in [0.2, 0.25) is 0 Å². The Balaban J connectivity index is 1.85. The van der Waals surface area contributed by atoms with Crippen molar-refractivity contribution in [1.29, 1.82) is 0 Å². The van der Waals surface area contributed by atoms with Crippen molar-refractivity contribution >= 4 is 44.1 Å². The molecule has 21 heavy (non-hydrogen) atoms. The molecule has 1 unspecified atom stereocenters. The van der Waals surface area contributed by atoms with Gasteiger partial charge in [0.1, 0.15) is 4.60 Å². The summed E-state index contributed by atoms with van der Waals surface area (Å²) in [5.41, 5.74) is 1.49. The predicted octanol–water partition coefficient (Wildman–Crippen LogP) is 3.91. The molecule has 108 valence electrons. The van der Waals surface area contributed by atoms with Gasteiger partial charge < -0.3 is 5.32 Å². The summed E-state index contributed by atoms with van der Waals surface area (Å²) in [7, 11) is 0. The van der Waals surface area contributed by atoms with Crippen molar-refractivity contribution in [3.05, 3.63) is 44.9 Å². The molecule has 1 amide bonds. The Labute approximate surface area is 134 Å². The zero-order chi connectivity index (χ0) is 15.0. The highest BCUT2D eigenvalue weighted by Crippen LogP contribution is 2.33. The summed E-state index contributed by atoms with van der Waals surface area (Å²) < 4.78 is 0.752. The number of carbonyl (C=O) groups is 2. The van der Waals surface area contributed by atoms with Gasteiger partial charge in [0.15, 0.2) is 10.9 Å². The Bertz CT molecular complexity index is 707. The number of fused-ring (bicyclic) bond motifs is 1. The van der Waals surface area contributed by atoms with E-state index in [1.54, 1.807) is 6.07 Å². The molecule has 2 aromatic rings. The molecule has 0 fully saturated rings. The smallest absolute Gasteiger partial charge is 0.233 e. The van der Waals surface area contributed by atoms with Gasteiger partial charge in [-0.1, -0.05) is 24.3 Å². The lowest BCUT2D eigenvalue weighted by molar-refractivity contribution is -0.117.